The molecule has 3 aromatic heterocycles. The molecule has 5 heteroatoms. The Morgan fingerprint density at radius 1 is 0.500 bits per heavy atom. The third-order valence-corrected chi connectivity index (χ3v) is 16.4. The van der Waals surface area contributed by atoms with Gasteiger partial charge in [0.15, 0.2) is 5.82 Å². The summed E-state index contributed by atoms with van der Waals surface area (Å²) in [5, 5.41) is 6.81. The van der Waals surface area contributed by atoms with E-state index in [0.29, 0.717) is 5.04 Å². The summed E-state index contributed by atoms with van der Waals surface area (Å²) >= 11 is 0. The lowest BCUT2D eigenvalue weighted by Gasteiger charge is -2.19. The second kappa shape index (κ2) is 15.1. The Morgan fingerprint density at radius 3 is 1.58 bits per heavy atom. The predicted molar refractivity (Wildman–Crippen MR) is 263 cm³/mol. The molecule has 0 radical (unpaired) electrons. The van der Waals surface area contributed by atoms with E-state index in [2.05, 4.69) is 225 Å². The van der Waals surface area contributed by atoms with Crippen molar-refractivity contribution in [2.45, 2.75) is 44.7 Å². The van der Waals surface area contributed by atoms with Crippen molar-refractivity contribution in [3.8, 4) is 45.1 Å². The van der Waals surface area contributed by atoms with Crippen molar-refractivity contribution in [3.05, 3.63) is 205 Å². The highest BCUT2D eigenvalue weighted by molar-refractivity contribution is 6.69. The van der Waals surface area contributed by atoms with Gasteiger partial charge in [-0.25, -0.2) is 9.97 Å². The van der Waals surface area contributed by atoms with E-state index in [1.54, 1.807) is 0 Å². The van der Waals surface area contributed by atoms with Crippen molar-refractivity contribution in [3.63, 3.8) is 0 Å². The summed E-state index contributed by atoms with van der Waals surface area (Å²) in [6, 6.07) is 63.5. The number of benzene rings is 7. The van der Waals surface area contributed by atoms with Gasteiger partial charge in [0.25, 0.3) is 0 Å². The summed E-state index contributed by atoms with van der Waals surface area (Å²) in [6.45, 7) is 9.53. The first-order valence-corrected chi connectivity index (χ1v) is 23.7. The Balaban J connectivity index is 0.964. The maximum absolute atomic E-state index is 5.18. The van der Waals surface area contributed by atoms with Crippen LogP contribution in [0.15, 0.2) is 199 Å². The molecule has 0 amide bonds. The largest absolute Gasteiger partial charge is 0.354 e. The van der Waals surface area contributed by atoms with Gasteiger partial charge in [0.1, 0.15) is 0 Å². The lowest BCUT2D eigenvalue weighted by atomic mass is 9.95. The third-order valence-electron chi connectivity index (χ3n) is 12.9. The van der Waals surface area contributed by atoms with Gasteiger partial charge in [-0.15, -0.1) is 0 Å². The summed E-state index contributed by atoms with van der Waals surface area (Å²) in [4.78, 5) is 10.4. The standard InChI is InChI=1S/C57H47N4Si/c1-57(2,3)62(4)45-31-25-39(26-32-45)51-37-50(58-56(59-51)40-15-7-5-8-16-40)38-23-29-44(30-24-38)61-53-22-14-12-20-47(53)49-36-42(28-34-55(49)61)41-27-33-54-48(35-41)46-19-11-13-21-52(46)60(54)43-17-9-6-10-18-43/h5-25,27-37,39H,26H2,1-4H3/q+1. The highest BCUT2D eigenvalue weighted by Gasteiger charge is 2.40. The molecule has 0 saturated carbocycles. The van der Waals surface area contributed by atoms with Crippen LogP contribution in [-0.2, 0) is 0 Å². The number of rotatable bonds is 7. The second-order valence-corrected chi connectivity index (χ2v) is 21.0. The molecule has 0 fully saturated rings. The van der Waals surface area contributed by atoms with E-state index in [1.807, 2.05) is 6.07 Å². The van der Waals surface area contributed by atoms with E-state index in [-0.39, 0.29) is 5.92 Å². The molecule has 298 valence electrons. The van der Waals surface area contributed by atoms with E-state index < -0.39 is 8.80 Å². The maximum atomic E-state index is 5.18. The zero-order valence-corrected chi connectivity index (χ0v) is 36.5. The molecule has 0 spiro atoms. The number of hydrogen-bond donors (Lipinski definition) is 0. The van der Waals surface area contributed by atoms with Crippen LogP contribution in [0.1, 0.15) is 38.8 Å². The molecule has 0 bridgehead atoms. The van der Waals surface area contributed by atoms with Gasteiger partial charge in [0.2, 0.25) is 0 Å². The fourth-order valence-electron chi connectivity index (χ4n) is 9.29. The third kappa shape index (κ3) is 6.61. The van der Waals surface area contributed by atoms with Crippen molar-refractivity contribution in [1.82, 2.24) is 19.1 Å². The first-order valence-electron chi connectivity index (χ1n) is 21.7. The van der Waals surface area contributed by atoms with Crippen LogP contribution in [-0.4, -0.2) is 27.9 Å². The molecule has 1 unspecified atom stereocenters. The molecule has 10 aromatic rings. The molecule has 1 atom stereocenters. The van der Waals surface area contributed by atoms with E-state index in [1.165, 1.54) is 65.6 Å². The number of para-hydroxylation sites is 3. The number of hydrogen-bond acceptors (Lipinski definition) is 2. The van der Waals surface area contributed by atoms with Crippen LogP contribution in [0.2, 0.25) is 11.6 Å². The van der Waals surface area contributed by atoms with E-state index in [4.69, 9.17) is 9.97 Å². The van der Waals surface area contributed by atoms with Gasteiger partial charge in [-0.2, -0.15) is 0 Å². The van der Waals surface area contributed by atoms with Crippen molar-refractivity contribution in [2.75, 3.05) is 0 Å². The highest BCUT2D eigenvalue weighted by atomic mass is 28.3. The van der Waals surface area contributed by atoms with Crippen molar-refractivity contribution < 1.29 is 0 Å². The van der Waals surface area contributed by atoms with Gasteiger partial charge in [-0.1, -0.05) is 115 Å². The van der Waals surface area contributed by atoms with Crippen molar-refractivity contribution >= 4 is 52.4 Å². The predicted octanol–water partition coefficient (Wildman–Crippen LogP) is 15.1. The zero-order valence-electron chi connectivity index (χ0n) is 35.5. The van der Waals surface area contributed by atoms with Crippen molar-refractivity contribution in [1.29, 1.82) is 0 Å². The van der Waals surface area contributed by atoms with E-state index in [0.717, 1.165) is 40.4 Å². The van der Waals surface area contributed by atoms with E-state index in [9.17, 15) is 0 Å². The molecule has 1 aliphatic rings. The minimum absolute atomic E-state index is 0.205. The van der Waals surface area contributed by atoms with Crippen LogP contribution < -0.4 is 0 Å². The Morgan fingerprint density at radius 2 is 1.02 bits per heavy atom. The molecule has 4 nitrogen and oxygen atoms in total. The Labute approximate surface area is 364 Å². The summed E-state index contributed by atoms with van der Waals surface area (Å²) in [6.07, 6.45) is 8.15. The van der Waals surface area contributed by atoms with Gasteiger partial charge >= 0.3 is 8.80 Å². The summed E-state index contributed by atoms with van der Waals surface area (Å²) < 4.78 is 4.77. The molecule has 62 heavy (non-hydrogen) atoms. The first kappa shape index (κ1) is 37.9. The minimum atomic E-state index is -0.659. The number of aromatic nitrogens is 4. The second-order valence-electron chi connectivity index (χ2n) is 17.7. The molecular weight excluding hydrogens is 769 g/mol. The molecule has 7 aromatic carbocycles. The molecule has 3 heterocycles. The quantitative estimate of drug-likeness (QED) is 0.150. The molecule has 11 rings (SSSR count). The molecule has 0 aliphatic heterocycles. The summed E-state index contributed by atoms with van der Waals surface area (Å²) in [5.74, 6) is 0.968. The summed E-state index contributed by atoms with van der Waals surface area (Å²) in [7, 11) is -0.659. The lowest BCUT2D eigenvalue weighted by molar-refractivity contribution is 0.740. The van der Waals surface area contributed by atoms with Crippen LogP contribution >= 0.6 is 0 Å². The number of fused-ring (bicyclic) bond motifs is 6. The molecule has 0 saturated heterocycles. The van der Waals surface area contributed by atoms with Crippen LogP contribution in [0, 0.1) is 0 Å². The van der Waals surface area contributed by atoms with Gasteiger partial charge < -0.3 is 9.13 Å². The molecule has 1 aliphatic carbocycles. The van der Waals surface area contributed by atoms with Crippen molar-refractivity contribution in [2.24, 2.45) is 0 Å². The maximum Gasteiger partial charge on any atom is 0.354 e. The fourth-order valence-corrected chi connectivity index (χ4v) is 10.9. The van der Waals surface area contributed by atoms with Crippen LogP contribution in [0.4, 0.5) is 0 Å². The van der Waals surface area contributed by atoms with Crippen LogP contribution in [0.3, 0.4) is 0 Å². The van der Waals surface area contributed by atoms with E-state index >= 15 is 0 Å². The molecule has 0 N–H and O–H groups in total. The summed E-state index contributed by atoms with van der Waals surface area (Å²) in [5.41, 5.74) is 13.6. The highest BCUT2D eigenvalue weighted by Crippen LogP contribution is 2.40. The topological polar surface area (TPSA) is 35.6 Å². The fraction of sp³-hybridized carbons (Fsp3) is 0.123. The van der Waals surface area contributed by atoms with Gasteiger partial charge in [-0.3, -0.25) is 0 Å². The monoisotopic (exact) mass is 815 g/mol. The lowest BCUT2D eigenvalue weighted by Crippen LogP contribution is -2.24. The Bertz CT molecular complexity index is 3370. The number of nitrogens with zero attached hydrogens (tertiary/aromatic N) is 4. The Kier molecular flexibility index (Phi) is 9.24. The van der Waals surface area contributed by atoms with Gasteiger partial charge in [-0.05, 0) is 117 Å². The first-order chi connectivity index (χ1) is 30.3. The average Bonchev–Trinajstić information content (AvgIpc) is 3.84. The molecular formula is C57H47N4Si+. The Hall–Kier alpha value is -7.08. The minimum Gasteiger partial charge on any atom is -0.309 e. The normalized spacial score (nSPS) is 14.3. The SMILES string of the molecule is C[Si+](C1=CCC(c2cc(-c3ccc(-n4c5ccccc5c5cc(-c6ccc7c(c6)c6ccccc6n7-c6ccccc6)ccc54)cc3)nc(-c3ccccc3)n2)C=C1)C(C)(C)C. The number of allylic oxidation sites excluding steroid dienone is 4. The van der Waals surface area contributed by atoms with Gasteiger partial charge in [0, 0.05) is 50.0 Å². The smallest absolute Gasteiger partial charge is 0.309 e. The van der Waals surface area contributed by atoms with Crippen LogP contribution in [0.25, 0.3) is 88.8 Å². The van der Waals surface area contributed by atoms with Gasteiger partial charge in [0.05, 0.1) is 50.2 Å². The van der Waals surface area contributed by atoms with Crippen LogP contribution in [0.5, 0.6) is 0 Å². The zero-order chi connectivity index (χ0) is 42.0. The average molecular weight is 816 g/mol.